The second-order valence-electron chi connectivity index (χ2n) is 2.10. The van der Waals surface area contributed by atoms with E-state index in [1.165, 1.54) is 0 Å². The second kappa shape index (κ2) is 5.05. The Hall–Kier alpha value is -0.190. The van der Waals surface area contributed by atoms with E-state index in [0.717, 1.165) is 0 Å². The minimum absolute atomic E-state index is 0.996. The zero-order chi connectivity index (χ0) is 11.4. The summed E-state index contributed by atoms with van der Waals surface area (Å²) in [5.74, 6) is -4.84. The summed E-state index contributed by atoms with van der Waals surface area (Å²) < 4.78 is 74.8. The SMILES string of the molecule is OOOSC(F)(F)CC(F)(F)C(F)F. The average molecular weight is 246 g/mol. The van der Waals surface area contributed by atoms with Gasteiger partial charge in [-0.25, -0.2) is 14.0 Å². The van der Waals surface area contributed by atoms with E-state index in [2.05, 4.69) is 9.37 Å². The van der Waals surface area contributed by atoms with Crippen LogP contribution in [0.5, 0.6) is 0 Å². The van der Waals surface area contributed by atoms with Gasteiger partial charge in [-0.1, -0.05) is 5.04 Å². The van der Waals surface area contributed by atoms with Crippen molar-refractivity contribution in [1.29, 1.82) is 0 Å². The summed E-state index contributed by atoms with van der Waals surface area (Å²) in [5.41, 5.74) is 0. The van der Waals surface area contributed by atoms with E-state index in [4.69, 9.17) is 5.26 Å². The van der Waals surface area contributed by atoms with Gasteiger partial charge in [-0.3, -0.25) is 0 Å². The highest BCUT2D eigenvalue weighted by Gasteiger charge is 2.51. The zero-order valence-corrected chi connectivity index (χ0v) is 7.04. The van der Waals surface area contributed by atoms with Gasteiger partial charge in [0, 0.05) is 0 Å². The molecule has 0 unspecified atom stereocenters. The largest absolute Gasteiger partial charge is 0.326 e. The molecule has 0 heterocycles. The van der Waals surface area contributed by atoms with Crippen LogP contribution in [-0.2, 0) is 9.37 Å². The van der Waals surface area contributed by atoms with Crippen molar-refractivity contribution in [1.82, 2.24) is 0 Å². The number of hydrogen-bond donors (Lipinski definition) is 1. The van der Waals surface area contributed by atoms with Crippen LogP contribution < -0.4 is 0 Å². The van der Waals surface area contributed by atoms with Gasteiger partial charge < -0.3 is 0 Å². The lowest BCUT2D eigenvalue weighted by molar-refractivity contribution is -0.433. The maximum Gasteiger partial charge on any atom is 0.326 e. The first-order valence-corrected chi connectivity index (χ1v) is 3.65. The van der Waals surface area contributed by atoms with E-state index in [1.807, 2.05) is 0 Å². The molecule has 0 aliphatic carbocycles. The number of hydrogen-bond acceptors (Lipinski definition) is 4. The Labute approximate surface area is 78.0 Å². The van der Waals surface area contributed by atoms with Gasteiger partial charge in [0.1, 0.15) is 12.0 Å². The minimum atomic E-state index is -4.84. The molecule has 0 atom stereocenters. The van der Waals surface area contributed by atoms with Gasteiger partial charge >= 0.3 is 17.6 Å². The first-order valence-electron chi connectivity index (χ1n) is 2.91. The molecule has 0 rings (SSSR count). The summed E-state index contributed by atoms with van der Waals surface area (Å²) in [7, 11) is 0. The molecule has 0 aromatic carbocycles. The van der Waals surface area contributed by atoms with Crippen molar-refractivity contribution in [3.05, 3.63) is 0 Å². The van der Waals surface area contributed by atoms with Gasteiger partial charge in [-0.15, -0.1) is 4.33 Å². The van der Waals surface area contributed by atoms with Gasteiger partial charge in [0.15, 0.2) is 0 Å². The predicted octanol–water partition coefficient (Wildman–Crippen LogP) is 2.94. The van der Waals surface area contributed by atoms with Crippen LogP contribution in [0.2, 0.25) is 0 Å². The Morgan fingerprint density at radius 3 is 2.07 bits per heavy atom. The van der Waals surface area contributed by atoms with Gasteiger partial charge in [-0.05, 0) is 0 Å². The molecule has 10 heteroatoms. The molecular formula is C4H4F6O3S. The lowest BCUT2D eigenvalue weighted by atomic mass is 10.2. The van der Waals surface area contributed by atoms with Crippen LogP contribution in [0.25, 0.3) is 0 Å². The van der Waals surface area contributed by atoms with E-state index >= 15 is 0 Å². The standard InChI is InChI=1S/C4H4F6O3S/c5-2(6)3(7,8)1-4(9,10)14-13-12-11/h2,11H,1H2. The van der Waals surface area contributed by atoms with Crippen molar-refractivity contribution in [3.63, 3.8) is 0 Å². The molecule has 0 saturated carbocycles. The quantitative estimate of drug-likeness (QED) is 0.338. The molecule has 0 fully saturated rings. The molecule has 0 aliphatic rings. The molecule has 1 N–H and O–H groups in total. The summed E-state index contributed by atoms with van der Waals surface area (Å²) in [6.07, 6.45) is -6.63. The van der Waals surface area contributed by atoms with Gasteiger partial charge in [-0.2, -0.15) is 17.6 Å². The summed E-state index contributed by atoms with van der Waals surface area (Å²) in [6, 6.07) is 0. The molecule has 0 radical (unpaired) electrons. The fraction of sp³-hybridized carbons (Fsp3) is 1.00. The number of alkyl halides is 6. The zero-order valence-electron chi connectivity index (χ0n) is 6.22. The highest BCUT2D eigenvalue weighted by molar-refractivity contribution is 7.95. The highest BCUT2D eigenvalue weighted by atomic mass is 32.2. The maximum atomic E-state index is 12.3. The smallest absolute Gasteiger partial charge is 0.220 e. The molecule has 0 saturated heterocycles. The van der Waals surface area contributed by atoms with Crippen LogP contribution in [0, 0.1) is 0 Å². The van der Waals surface area contributed by atoms with E-state index in [0.29, 0.717) is 0 Å². The fourth-order valence-corrected chi connectivity index (χ4v) is 0.827. The topological polar surface area (TPSA) is 38.7 Å². The first-order chi connectivity index (χ1) is 6.21. The molecule has 86 valence electrons. The monoisotopic (exact) mass is 246 g/mol. The first kappa shape index (κ1) is 13.8. The van der Waals surface area contributed by atoms with Crippen LogP contribution in [-0.4, -0.2) is 22.9 Å². The molecule has 0 bridgehead atoms. The van der Waals surface area contributed by atoms with Gasteiger partial charge in [0.05, 0.1) is 6.42 Å². The molecule has 0 aliphatic heterocycles. The van der Waals surface area contributed by atoms with Crippen molar-refractivity contribution in [2.75, 3.05) is 0 Å². The maximum absolute atomic E-state index is 12.3. The van der Waals surface area contributed by atoms with Crippen molar-refractivity contribution >= 4 is 12.0 Å². The highest BCUT2D eigenvalue weighted by Crippen LogP contribution is 2.41. The van der Waals surface area contributed by atoms with Crippen LogP contribution in [0.15, 0.2) is 0 Å². The van der Waals surface area contributed by atoms with Crippen LogP contribution in [0.3, 0.4) is 0 Å². The number of rotatable bonds is 6. The summed E-state index contributed by atoms with van der Waals surface area (Å²) in [5, 5.41) is 5.83. The summed E-state index contributed by atoms with van der Waals surface area (Å²) >= 11 is -0.996. The Kier molecular flexibility index (Phi) is 4.98. The van der Waals surface area contributed by atoms with E-state index < -0.39 is 36.1 Å². The lowest BCUT2D eigenvalue weighted by Gasteiger charge is -2.20. The van der Waals surface area contributed by atoms with Gasteiger partial charge in [0.2, 0.25) is 0 Å². The molecular weight excluding hydrogens is 242 g/mol. The molecule has 0 aromatic rings. The van der Waals surface area contributed by atoms with Crippen molar-refractivity contribution in [2.24, 2.45) is 0 Å². The van der Waals surface area contributed by atoms with E-state index in [-0.39, 0.29) is 0 Å². The molecule has 0 spiro atoms. The molecule has 0 amide bonds. The minimum Gasteiger partial charge on any atom is -0.220 e. The molecule has 3 nitrogen and oxygen atoms in total. The molecule has 0 aromatic heterocycles. The van der Waals surface area contributed by atoms with E-state index in [1.54, 1.807) is 0 Å². The van der Waals surface area contributed by atoms with Crippen LogP contribution in [0.1, 0.15) is 6.42 Å². The Morgan fingerprint density at radius 2 is 1.71 bits per heavy atom. The third-order valence-electron chi connectivity index (χ3n) is 0.947. The summed E-state index contributed by atoms with van der Waals surface area (Å²) in [6.45, 7) is 0. The summed E-state index contributed by atoms with van der Waals surface area (Å²) in [4.78, 5) is 0. The van der Waals surface area contributed by atoms with Crippen molar-refractivity contribution in [2.45, 2.75) is 24.0 Å². The Bertz CT molecular complexity index is 176. The third kappa shape index (κ3) is 4.88. The molecule has 14 heavy (non-hydrogen) atoms. The Balaban J connectivity index is 4.19. The fourth-order valence-electron chi connectivity index (χ4n) is 0.446. The Morgan fingerprint density at radius 1 is 1.21 bits per heavy atom. The third-order valence-corrected chi connectivity index (χ3v) is 1.46. The van der Waals surface area contributed by atoms with Gasteiger partial charge in [0.25, 0.3) is 0 Å². The second-order valence-corrected chi connectivity index (χ2v) is 3.00. The van der Waals surface area contributed by atoms with Crippen LogP contribution in [0.4, 0.5) is 26.3 Å². The van der Waals surface area contributed by atoms with Crippen molar-refractivity contribution < 1.29 is 41.0 Å². The van der Waals surface area contributed by atoms with Crippen LogP contribution >= 0.6 is 12.0 Å². The van der Waals surface area contributed by atoms with E-state index in [9.17, 15) is 26.3 Å². The van der Waals surface area contributed by atoms with Crippen molar-refractivity contribution in [3.8, 4) is 0 Å². The predicted molar refractivity (Wildman–Crippen MR) is 32.9 cm³/mol. The average Bonchev–Trinajstić information content (AvgIpc) is 1.99. The number of halogens is 6. The lowest BCUT2D eigenvalue weighted by Crippen LogP contribution is -2.33. The normalized spacial score (nSPS) is 13.7.